The molecule has 2 aromatic rings. The van der Waals surface area contributed by atoms with Gasteiger partial charge in [-0.15, -0.1) is 12.3 Å². The van der Waals surface area contributed by atoms with Crippen LogP contribution in [-0.4, -0.2) is 35.9 Å². The number of terminal acetylenes is 1. The second-order valence-corrected chi connectivity index (χ2v) is 7.74. The molecule has 32 heavy (non-hydrogen) atoms. The fraction of sp³-hybridized carbons (Fsp3) is 0.269. The molecule has 0 fully saturated rings. The Morgan fingerprint density at radius 1 is 1.03 bits per heavy atom. The van der Waals surface area contributed by atoms with Crippen LogP contribution in [0.5, 0.6) is 0 Å². The highest BCUT2D eigenvalue weighted by molar-refractivity contribution is 6.00. The summed E-state index contributed by atoms with van der Waals surface area (Å²) in [7, 11) is 0. The average Bonchev–Trinajstić information content (AvgIpc) is 2.82. The Morgan fingerprint density at radius 2 is 1.69 bits per heavy atom. The molecule has 1 atom stereocenters. The highest BCUT2D eigenvalue weighted by atomic mass is 16.3. The molecule has 0 aromatic heterocycles. The standard InChI is InChI=1S/C26H26N2O4/c1-2-3-4-13-27-25(31)21-7-5-19(6-8-21)20-9-11-23(12-10-20)28-26(32)22-14-18(17-29)15-24(30)16-22/h1,5-12,15,22,29H,3-4,13-14,16-17H2,(H,27,31)(H,28,32). The number of amides is 2. The zero-order chi connectivity index (χ0) is 22.9. The molecular weight excluding hydrogens is 404 g/mol. The lowest BCUT2D eigenvalue weighted by molar-refractivity contribution is -0.124. The predicted molar refractivity (Wildman–Crippen MR) is 124 cm³/mol. The maximum atomic E-state index is 12.5. The van der Waals surface area contributed by atoms with E-state index in [0.717, 1.165) is 17.5 Å². The molecule has 2 amide bonds. The van der Waals surface area contributed by atoms with Crippen LogP contribution in [0.2, 0.25) is 0 Å². The van der Waals surface area contributed by atoms with E-state index in [1.54, 1.807) is 24.3 Å². The zero-order valence-corrected chi connectivity index (χ0v) is 17.8. The Balaban J connectivity index is 1.58. The third-order valence-corrected chi connectivity index (χ3v) is 5.31. The molecular formula is C26H26N2O4. The number of aliphatic hydroxyl groups excluding tert-OH is 1. The Kier molecular flexibility index (Phi) is 7.96. The van der Waals surface area contributed by atoms with Gasteiger partial charge in [0.05, 0.1) is 6.61 Å². The predicted octanol–water partition coefficient (Wildman–Crippen LogP) is 3.33. The van der Waals surface area contributed by atoms with Gasteiger partial charge in [-0.1, -0.05) is 24.3 Å². The molecule has 164 valence electrons. The minimum absolute atomic E-state index is 0.132. The van der Waals surface area contributed by atoms with Gasteiger partial charge in [0, 0.05) is 36.6 Å². The number of rotatable bonds is 8. The molecule has 0 saturated heterocycles. The summed E-state index contributed by atoms with van der Waals surface area (Å²) in [6, 6.07) is 14.7. The number of unbranched alkanes of at least 4 members (excludes halogenated alkanes) is 1. The van der Waals surface area contributed by atoms with E-state index >= 15 is 0 Å². The molecule has 6 heteroatoms. The van der Waals surface area contributed by atoms with E-state index in [-0.39, 0.29) is 30.6 Å². The van der Waals surface area contributed by atoms with Gasteiger partial charge in [-0.25, -0.2) is 0 Å². The Labute approximate surface area is 187 Å². The Morgan fingerprint density at radius 3 is 2.31 bits per heavy atom. The van der Waals surface area contributed by atoms with Gasteiger partial charge >= 0.3 is 0 Å². The fourth-order valence-corrected chi connectivity index (χ4v) is 3.57. The number of anilines is 1. The minimum atomic E-state index is -0.473. The first-order chi connectivity index (χ1) is 15.5. The molecule has 0 saturated carbocycles. The average molecular weight is 431 g/mol. The van der Waals surface area contributed by atoms with Gasteiger partial charge in [0.2, 0.25) is 5.91 Å². The van der Waals surface area contributed by atoms with Crippen molar-refractivity contribution in [3.63, 3.8) is 0 Å². The van der Waals surface area contributed by atoms with E-state index in [9.17, 15) is 19.5 Å². The third kappa shape index (κ3) is 6.16. The SMILES string of the molecule is C#CCCCNC(=O)c1ccc(-c2ccc(NC(=O)C3CC(=O)C=C(CO)C3)cc2)cc1. The number of carbonyl (C=O) groups is 3. The molecule has 2 aromatic carbocycles. The van der Waals surface area contributed by atoms with Crippen LogP contribution < -0.4 is 10.6 Å². The summed E-state index contributed by atoms with van der Waals surface area (Å²) in [6.07, 6.45) is 8.55. The van der Waals surface area contributed by atoms with E-state index < -0.39 is 5.92 Å². The van der Waals surface area contributed by atoms with E-state index in [2.05, 4.69) is 16.6 Å². The molecule has 6 nitrogen and oxygen atoms in total. The van der Waals surface area contributed by atoms with Gasteiger partial charge in [-0.2, -0.15) is 0 Å². The molecule has 0 aliphatic heterocycles. The second-order valence-electron chi connectivity index (χ2n) is 7.74. The summed E-state index contributed by atoms with van der Waals surface area (Å²) in [5, 5.41) is 14.9. The lowest BCUT2D eigenvalue weighted by Crippen LogP contribution is -2.28. The normalized spacial score (nSPS) is 15.4. The van der Waals surface area contributed by atoms with Crippen molar-refractivity contribution < 1.29 is 19.5 Å². The van der Waals surface area contributed by atoms with Gasteiger partial charge in [-0.3, -0.25) is 14.4 Å². The van der Waals surface area contributed by atoms with Crippen molar-refractivity contribution in [2.45, 2.75) is 25.7 Å². The van der Waals surface area contributed by atoms with Crippen molar-refractivity contribution in [3.8, 4) is 23.5 Å². The third-order valence-electron chi connectivity index (χ3n) is 5.31. The van der Waals surface area contributed by atoms with Crippen LogP contribution in [0, 0.1) is 18.3 Å². The Bertz CT molecular complexity index is 1050. The van der Waals surface area contributed by atoms with Crippen LogP contribution in [-0.2, 0) is 9.59 Å². The summed E-state index contributed by atoms with van der Waals surface area (Å²) in [6.45, 7) is 0.334. The zero-order valence-electron chi connectivity index (χ0n) is 17.8. The monoisotopic (exact) mass is 430 g/mol. The van der Waals surface area contributed by atoms with Gasteiger partial charge in [0.15, 0.2) is 5.78 Å². The van der Waals surface area contributed by atoms with Crippen molar-refractivity contribution in [1.29, 1.82) is 0 Å². The van der Waals surface area contributed by atoms with Crippen LogP contribution in [0.3, 0.4) is 0 Å². The number of hydrogen-bond acceptors (Lipinski definition) is 4. The topological polar surface area (TPSA) is 95.5 Å². The molecule has 0 bridgehead atoms. The van der Waals surface area contributed by atoms with Gasteiger partial charge in [-0.05, 0) is 59.9 Å². The number of aliphatic hydroxyl groups is 1. The number of allylic oxidation sites excluding steroid dienone is 1. The molecule has 0 radical (unpaired) electrons. The quantitative estimate of drug-likeness (QED) is 0.442. The van der Waals surface area contributed by atoms with Crippen LogP contribution in [0.25, 0.3) is 11.1 Å². The maximum absolute atomic E-state index is 12.5. The minimum Gasteiger partial charge on any atom is -0.392 e. The van der Waals surface area contributed by atoms with Crippen molar-refractivity contribution in [2.24, 2.45) is 5.92 Å². The molecule has 0 heterocycles. The van der Waals surface area contributed by atoms with Gasteiger partial charge in [0.25, 0.3) is 5.91 Å². The maximum Gasteiger partial charge on any atom is 0.251 e. The number of hydrogen-bond donors (Lipinski definition) is 3. The molecule has 1 aliphatic carbocycles. The number of benzene rings is 2. The van der Waals surface area contributed by atoms with Crippen LogP contribution in [0.4, 0.5) is 5.69 Å². The van der Waals surface area contributed by atoms with Crippen LogP contribution >= 0.6 is 0 Å². The van der Waals surface area contributed by atoms with Crippen molar-refractivity contribution in [3.05, 3.63) is 65.7 Å². The molecule has 1 unspecified atom stereocenters. The van der Waals surface area contributed by atoms with Crippen molar-refractivity contribution >= 4 is 23.3 Å². The largest absolute Gasteiger partial charge is 0.392 e. The van der Waals surface area contributed by atoms with Crippen molar-refractivity contribution in [1.82, 2.24) is 5.32 Å². The van der Waals surface area contributed by atoms with E-state index in [4.69, 9.17) is 6.42 Å². The summed E-state index contributed by atoms with van der Waals surface area (Å²) in [5.41, 5.74) is 3.69. The first-order valence-electron chi connectivity index (χ1n) is 10.6. The summed E-state index contributed by atoms with van der Waals surface area (Å²) in [4.78, 5) is 36.4. The second kappa shape index (κ2) is 11.1. The van der Waals surface area contributed by atoms with Crippen molar-refractivity contribution in [2.75, 3.05) is 18.5 Å². The first-order valence-corrected chi connectivity index (χ1v) is 10.6. The highest BCUT2D eigenvalue weighted by Gasteiger charge is 2.26. The van der Waals surface area contributed by atoms with Crippen LogP contribution in [0.1, 0.15) is 36.0 Å². The number of carbonyl (C=O) groups excluding carboxylic acids is 3. The molecule has 3 rings (SSSR count). The lowest BCUT2D eigenvalue weighted by atomic mass is 9.87. The smallest absolute Gasteiger partial charge is 0.251 e. The van der Waals surface area contributed by atoms with E-state index in [1.165, 1.54) is 6.08 Å². The highest BCUT2D eigenvalue weighted by Crippen LogP contribution is 2.25. The van der Waals surface area contributed by atoms with Crippen LogP contribution in [0.15, 0.2) is 60.2 Å². The lowest BCUT2D eigenvalue weighted by Gasteiger charge is -2.20. The number of ketones is 1. The van der Waals surface area contributed by atoms with E-state index in [0.29, 0.717) is 36.2 Å². The summed E-state index contributed by atoms with van der Waals surface area (Å²) in [5.74, 6) is 1.57. The summed E-state index contributed by atoms with van der Waals surface area (Å²) >= 11 is 0. The Hall–Kier alpha value is -3.69. The molecule has 1 aliphatic rings. The van der Waals surface area contributed by atoms with Gasteiger partial charge < -0.3 is 15.7 Å². The van der Waals surface area contributed by atoms with E-state index in [1.807, 2.05) is 24.3 Å². The van der Waals surface area contributed by atoms with Gasteiger partial charge in [0.1, 0.15) is 0 Å². The molecule has 0 spiro atoms. The molecule has 3 N–H and O–H groups in total. The fourth-order valence-electron chi connectivity index (χ4n) is 3.57. The summed E-state index contributed by atoms with van der Waals surface area (Å²) < 4.78 is 0. The first kappa shape index (κ1) is 23.0. The number of nitrogens with one attached hydrogen (secondary N) is 2.